The van der Waals surface area contributed by atoms with Crippen LogP contribution in [0.25, 0.3) is 0 Å². The second kappa shape index (κ2) is 7.74. The summed E-state index contributed by atoms with van der Waals surface area (Å²) in [4.78, 5) is 17.2. The molecule has 0 bridgehead atoms. The fourth-order valence-corrected chi connectivity index (χ4v) is 3.82. The molecule has 6 nitrogen and oxygen atoms in total. The van der Waals surface area contributed by atoms with E-state index < -0.39 is 5.54 Å². The van der Waals surface area contributed by atoms with Crippen molar-refractivity contribution in [1.82, 2.24) is 10.3 Å². The van der Waals surface area contributed by atoms with E-state index in [0.29, 0.717) is 11.7 Å². The van der Waals surface area contributed by atoms with E-state index >= 15 is 0 Å². The van der Waals surface area contributed by atoms with Gasteiger partial charge in [-0.2, -0.15) is 0 Å². The molecule has 1 aliphatic carbocycles. The second-order valence-corrected chi connectivity index (χ2v) is 7.25. The Balaban J connectivity index is 1.71. The minimum absolute atomic E-state index is 0.0228. The third-order valence-corrected chi connectivity index (χ3v) is 5.34. The van der Waals surface area contributed by atoms with Crippen molar-refractivity contribution in [2.24, 2.45) is 0 Å². The summed E-state index contributed by atoms with van der Waals surface area (Å²) < 4.78 is 5.20. The maximum absolute atomic E-state index is 13.0. The summed E-state index contributed by atoms with van der Waals surface area (Å²) in [5, 5.41) is 8.90. The quantitative estimate of drug-likeness (QED) is 0.736. The molecule has 0 atom stereocenters. The molecule has 0 radical (unpaired) electrons. The van der Waals surface area contributed by atoms with Crippen molar-refractivity contribution < 1.29 is 9.53 Å². The predicted molar refractivity (Wildman–Crippen MR) is 101 cm³/mol. The van der Waals surface area contributed by atoms with Gasteiger partial charge < -0.3 is 21.1 Å². The van der Waals surface area contributed by atoms with E-state index in [1.54, 1.807) is 7.11 Å². The van der Waals surface area contributed by atoms with Crippen LogP contribution in [0.15, 0.2) is 29.6 Å². The van der Waals surface area contributed by atoms with Gasteiger partial charge in [-0.15, -0.1) is 11.3 Å². The van der Waals surface area contributed by atoms with E-state index in [4.69, 9.17) is 10.5 Å². The van der Waals surface area contributed by atoms with E-state index in [1.165, 1.54) is 17.8 Å². The van der Waals surface area contributed by atoms with E-state index in [2.05, 4.69) is 15.6 Å². The SMILES string of the molecule is COc1ccc(NC2(C(=O)NCc3csc(N)n3)CCCCC2)cc1. The number of nitrogens with one attached hydrogen (secondary N) is 2. The van der Waals surface area contributed by atoms with E-state index in [-0.39, 0.29) is 5.91 Å². The Morgan fingerprint density at radius 3 is 2.60 bits per heavy atom. The van der Waals surface area contributed by atoms with Gasteiger partial charge in [-0.1, -0.05) is 19.3 Å². The first-order valence-corrected chi connectivity index (χ1v) is 9.40. The summed E-state index contributed by atoms with van der Waals surface area (Å²) >= 11 is 1.38. The van der Waals surface area contributed by atoms with E-state index in [9.17, 15) is 4.79 Å². The molecule has 1 aromatic heterocycles. The molecular weight excluding hydrogens is 336 g/mol. The lowest BCUT2D eigenvalue weighted by Gasteiger charge is -2.37. The Bertz CT molecular complexity index is 708. The minimum atomic E-state index is -0.575. The average Bonchev–Trinajstić information content (AvgIpc) is 3.06. The highest BCUT2D eigenvalue weighted by atomic mass is 32.1. The highest BCUT2D eigenvalue weighted by Crippen LogP contribution is 2.32. The molecule has 0 spiro atoms. The molecule has 1 aromatic carbocycles. The first kappa shape index (κ1) is 17.5. The van der Waals surface area contributed by atoms with Crippen molar-refractivity contribution in [1.29, 1.82) is 0 Å². The number of benzene rings is 1. The minimum Gasteiger partial charge on any atom is -0.497 e. The van der Waals surface area contributed by atoms with Gasteiger partial charge in [0.1, 0.15) is 11.3 Å². The number of thiazole rings is 1. The Labute approximate surface area is 151 Å². The molecule has 1 saturated carbocycles. The molecular formula is C18H24N4O2S. The Morgan fingerprint density at radius 1 is 1.28 bits per heavy atom. The maximum atomic E-state index is 13.0. The average molecular weight is 360 g/mol. The zero-order valence-electron chi connectivity index (χ0n) is 14.4. The van der Waals surface area contributed by atoms with Gasteiger partial charge in [-0.25, -0.2) is 4.98 Å². The highest BCUT2D eigenvalue weighted by molar-refractivity contribution is 7.13. The van der Waals surface area contributed by atoms with Crippen LogP contribution in [0.1, 0.15) is 37.8 Å². The topological polar surface area (TPSA) is 89.3 Å². The van der Waals surface area contributed by atoms with Gasteiger partial charge in [-0.05, 0) is 37.1 Å². The number of carbonyl (C=O) groups excluding carboxylic acids is 1. The molecule has 1 amide bonds. The van der Waals surface area contributed by atoms with Gasteiger partial charge in [0.15, 0.2) is 5.13 Å². The summed E-state index contributed by atoms with van der Waals surface area (Å²) in [5.41, 5.74) is 6.80. The van der Waals surface area contributed by atoms with Crippen LogP contribution < -0.4 is 21.1 Å². The van der Waals surface area contributed by atoms with Crippen molar-refractivity contribution >= 4 is 28.1 Å². The van der Waals surface area contributed by atoms with Gasteiger partial charge in [0, 0.05) is 11.1 Å². The number of methoxy groups -OCH3 is 1. The highest BCUT2D eigenvalue weighted by Gasteiger charge is 2.39. The molecule has 1 fully saturated rings. The smallest absolute Gasteiger partial charge is 0.245 e. The maximum Gasteiger partial charge on any atom is 0.245 e. The number of rotatable bonds is 6. The second-order valence-electron chi connectivity index (χ2n) is 6.36. The number of nitrogens with two attached hydrogens (primary N) is 1. The summed E-state index contributed by atoms with van der Waals surface area (Å²) in [6, 6.07) is 7.69. The first-order valence-electron chi connectivity index (χ1n) is 8.52. The number of carbonyl (C=O) groups is 1. The lowest BCUT2D eigenvalue weighted by atomic mass is 9.80. The molecule has 0 aliphatic heterocycles. The van der Waals surface area contributed by atoms with E-state index in [0.717, 1.165) is 42.8 Å². The third-order valence-electron chi connectivity index (χ3n) is 4.61. The van der Waals surface area contributed by atoms with Crippen LogP contribution in [0, 0.1) is 0 Å². The normalized spacial score (nSPS) is 16.2. The predicted octanol–water partition coefficient (Wildman–Crippen LogP) is 3.17. The fraction of sp³-hybridized carbons (Fsp3) is 0.444. The summed E-state index contributed by atoms with van der Waals surface area (Å²) in [7, 11) is 1.64. The first-order chi connectivity index (χ1) is 12.1. The van der Waals surface area contributed by atoms with Crippen molar-refractivity contribution in [2.75, 3.05) is 18.2 Å². The molecule has 7 heteroatoms. The third kappa shape index (κ3) is 4.22. The van der Waals surface area contributed by atoms with Crippen molar-refractivity contribution in [3.05, 3.63) is 35.3 Å². The summed E-state index contributed by atoms with van der Waals surface area (Å²) in [5.74, 6) is 0.823. The van der Waals surface area contributed by atoms with Gasteiger partial charge in [0.25, 0.3) is 0 Å². The van der Waals surface area contributed by atoms with Crippen LogP contribution in [0.3, 0.4) is 0 Å². The van der Waals surface area contributed by atoms with Gasteiger partial charge in [-0.3, -0.25) is 4.79 Å². The molecule has 1 heterocycles. The molecule has 0 saturated heterocycles. The summed E-state index contributed by atoms with van der Waals surface area (Å²) in [6.07, 6.45) is 4.90. The molecule has 2 aromatic rings. The molecule has 4 N–H and O–H groups in total. The van der Waals surface area contributed by atoms with Gasteiger partial charge in [0.05, 0.1) is 19.3 Å². The van der Waals surface area contributed by atoms with Crippen LogP contribution in [-0.4, -0.2) is 23.5 Å². The lowest BCUT2D eigenvalue weighted by molar-refractivity contribution is -0.126. The Hall–Kier alpha value is -2.28. The zero-order chi connectivity index (χ0) is 17.7. The number of hydrogen-bond donors (Lipinski definition) is 3. The molecule has 134 valence electrons. The largest absolute Gasteiger partial charge is 0.497 e. The van der Waals surface area contributed by atoms with Crippen molar-refractivity contribution in [3.8, 4) is 5.75 Å². The lowest BCUT2D eigenvalue weighted by Crippen LogP contribution is -2.53. The number of ether oxygens (including phenoxy) is 1. The molecule has 3 rings (SSSR count). The number of hydrogen-bond acceptors (Lipinski definition) is 6. The van der Waals surface area contributed by atoms with Crippen molar-refractivity contribution in [2.45, 2.75) is 44.2 Å². The van der Waals surface area contributed by atoms with Crippen LogP contribution in [0.5, 0.6) is 5.75 Å². The fourth-order valence-electron chi connectivity index (χ4n) is 3.26. The Kier molecular flexibility index (Phi) is 5.43. The molecule has 1 aliphatic rings. The van der Waals surface area contributed by atoms with Crippen LogP contribution in [0.4, 0.5) is 10.8 Å². The summed E-state index contributed by atoms with van der Waals surface area (Å²) in [6.45, 7) is 0.401. The Morgan fingerprint density at radius 2 is 2.00 bits per heavy atom. The standard InChI is InChI=1S/C18H24N4O2S/c1-24-15-7-5-13(6-8-15)22-18(9-3-2-4-10-18)16(23)20-11-14-12-25-17(19)21-14/h5-8,12,22H,2-4,9-11H2,1H3,(H2,19,21)(H,20,23). The number of anilines is 2. The van der Waals surface area contributed by atoms with Gasteiger partial charge >= 0.3 is 0 Å². The zero-order valence-corrected chi connectivity index (χ0v) is 15.2. The van der Waals surface area contributed by atoms with E-state index in [1.807, 2.05) is 29.6 Å². The number of nitrogens with zero attached hydrogens (tertiary/aromatic N) is 1. The van der Waals surface area contributed by atoms with Crippen LogP contribution in [0.2, 0.25) is 0 Å². The number of nitrogen functional groups attached to an aromatic ring is 1. The van der Waals surface area contributed by atoms with Crippen LogP contribution >= 0.6 is 11.3 Å². The van der Waals surface area contributed by atoms with Gasteiger partial charge in [0.2, 0.25) is 5.91 Å². The number of aromatic nitrogens is 1. The van der Waals surface area contributed by atoms with Crippen LogP contribution in [-0.2, 0) is 11.3 Å². The molecule has 25 heavy (non-hydrogen) atoms. The number of amides is 1. The monoisotopic (exact) mass is 360 g/mol. The van der Waals surface area contributed by atoms with Crippen molar-refractivity contribution in [3.63, 3.8) is 0 Å². The molecule has 0 unspecified atom stereocenters.